The fourth-order valence-electron chi connectivity index (χ4n) is 2.74. The Bertz CT molecular complexity index is 1070. The van der Waals surface area contributed by atoms with Gasteiger partial charge in [0, 0.05) is 0 Å². The van der Waals surface area contributed by atoms with E-state index in [9.17, 15) is 4.79 Å². The van der Waals surface area contributed by atoms with Gasteiger partial charge in [0.05, 0.1) is 11.0 Å². The Morgan fingerprint density at radius 2 is 1.83 bits per heavy atom. The van der Waals surface area contributed by atoms with Crippen LogP contribution in [0.25, 0.3) is 16.7 Å². The molecule has 0 aliphatic carbocycles. The van der Waals surface area contributed by atoms with Crippen LogP contribution in [0, 0.1) is 13.8 Å². The van der Waals surface area contributed by atoms with Crippen LogP contribution in [0.2, 0.25) is 0 Å². The van der Waals surface area contributed by atoms with Crippen LogP contribution in [0.15, 0.2) is 47.3 Å². The van der Waals surface area contributed by atoms with Gasteiger partial charge in [-0.3, -0.25) is 0 Å². The Morgan fingerprint density at radius 1 is 1.09 bits per heavy atom. The van der Waals surface area contributed by atoms with E-state index in [2.05, 4.69) is 21.2 Å². The van der Waals surface area contributed by atoms with E-state index in [1.165, 1.54) is 4.40 Å². The first-order valence-corrected chi connectivity index (χ1v) is 7.24. The summed E-state index contributed by atoms with van der Waals surface area (Å²) in [6, 6.07) is 13.3. The number of aryl methyl sites for hydroxylation is 2. The highest BCUT2D eigenvalue weighted by Crippen LogP contribution is 2.26. The molecular weight excluding hydrogens is 292 g/mol. The summed E-state index contributed by atoms with van der Waals surface area (Å²) in [5.41, 5.74) is 3.60. The Kier molecular flexibility index (Phi) is 2.90. The zero-order chi connectivity index (χ0) is 16.0. The zero-order valence-electron chi connectivity index (χ0n) is 12.7. The van der Waals surface area contributed by atoms with Gasteiger partial charge in [-0.05, 0) is 49.2 Å². The minimum atomic E-state index is -0.316. The maximum Gasteiger partial charge on any atom is 0.348 e. The molecule has 0 aliphatic heterocycles. The third-order valence-corrected chi connectivity index (χ3v) is 3.62. The van der Waals surface area contributed by atoms with Gasteiger partial charge in [0.2, 0.25) is 5.65 Å². The lowest BCUT2D eigenvalue weighted by molar-refractivity contribution is 0.466. The van der Waals surface area contributed by atoms with Crippen molar-refractivity contribution in [3.05, 3.63) is 64.1 Å². The minimum Gasteiger partial charge on any atom is -0.436 e. The van der Waals surface area contributed by atoms with E-state index in [-0.39, 0.29) is 5.69 Å². The topological polar surface area (TPSA) is 72.3 Å². The van der Waals surface area contributed by atoms with Crippen LogP contribution < -0.4 is 10.4 Å². The largest absolute Gasteiger partial charge is 0.436 e. The number of H-pyrrole nitrogens is 1. The molecule has 2 aromatic heterocycles. The predicted molar refractivity (Wildman–Crippen MR) is 87.1 cm³/mol. The van der Waals surface area contributed by atoms with E-state index < -0.39 is 0 Å². The standard InChI is InChI=1S/C17H14N4O2/c1-10-7-11(2)9-12(8-10)23-16-15-19-20-17(22)21(15)14-6-4-3-5-13(14)18-16/h3-9H,1-2H3,(H,20,22). The highest BCUT2D eigenvalue weighted by Gasteiger charge is 2.14. The maximum absolute atomic E-state index is 12.1. The summed E-state index contributed by atoms with van der Waals surface area (Å²) in [6.45, 7) is 4.00. The molecule has 2 aromatic carbocycles. The van der Waals surface area contributed by atoms with Crippen molar-refractivity contribution in [2.45, 2.75) is 13.8 Å². The normalized spacial score (nSPS) is 11.2. The SMILES string of the molecule is Cc1cc(C)cc(Oc2nc3ccccc3n3c(=O)[nH]nc23)c1. The van der Waals surface area contributed by atoms with E-state index in [4.69, 9.17) is 4.74 Å². The van der Waals surface area contributed by atoms with Gasteiger partial charge >= 0.3 is 5.69 Å². The molecule has 1 N–H and O–H groups in total. The molecular formula is C17H14N4O2. The molecule has 0 unspecified atom stereocenters. The van der Waals surface area contributed by atoms with Crippen molar-refractivity contribution in [1.82, 2.24) is 19.6 Å². The molecule has 0 saturated heterocycles. The number of nitrogens with zero attached hydrogens (tertiary/aromatic N) is 3. The third kappa shape index (κ3) is 2.24. The molecule has 0 fully saturated rings. The fourth-order valence-corrected chi connectivity index (χ4v) is 2.74. The lowest BCUT2D eigenvalue weighted by atomic mass is 10.1. The van der Waals surface area contributed by atoms with Crippen molar-refractivity contribution in [3.8, 4) is 11.6 Å². The fraction of sp³-hybridized carbons (Fsp3) is 0.118. The second-order valence-corrected chi connectivity index (χ2v) is 5.52. The average molecular weight is 306 g/mol. The number of para-hydroxylation sites is 2. The van der Waals surface area contributed by atoms with Gasteiger partial charge in [0.1, 0.15) is 5.75 Å². The van der Waals surface area contributed by atoms with Crippen molar-refractivity contribution >= 4 is 16.7 Å². The van der Waals surface area contributed by atoms with E-state index in [1.807, 2.05) is 50.2 Å². The van der Waals surface area contributed by atoms with Gasteiger partial charge in [-0.15, -0.1) is 5.10 Å². The highest BCUT2D eigenvalue weighted by atomic mass is 16.5. The number of aromatic amines is 1. The number of hydrogen-bond donors (Lipinski definition) is 1. The van der Waals surface area contributed by atoms with Crippen LogP contribution in [0.5, 0.6) is 11.6 Å². The summed E-state index contributed by atoms with van der Waals surface area (Å²) in [5, 5.41) is 6.50. The first kappa shape index (κ1) is 13.5. The van der Waals surface area contributed by atoms with Gasteiger partial charge in [0.15, 0.2) is 0 Å². The second-order valence-electron chi connectivity index (χ2n) is 5.52. The van der Waals surface area contributed by atoms with Gasteiger partial charge in [-0.25, -0.2) is 19.3 Å². The summed E-state index contributed by atoms with van der Waals surface area (Å²) in [7, 11) is 0. The van der Waals surface area contributed by atoms with Gasteiger partial charge in [0.25, 0.3) is 5.88 Å². The number of benzene rings is 2. The Balaban J connectivity index is 1.96. The molecule has 0 bridgehead atoms. The zero-order valence-corrected chi connectivity index (χ0v) is 12.7. The molecule has 0 amide bonds. The summed E-state index contributed by atoms with van der Waals surface area (Å²) in [6.07, 6.45) is 0. The van der Waals surface area contributed by atoms with Crippen LogP contribution in [0.1, 0.15) is 11.1 Å². The molecule has 6 nitrogen and oxygen atoms in total. The number of hydrogen-bond acceptors (Lipinski definition) is 4. The first-order chi connectivity index (χ1) is 11.1. The smallest absolute Gasteiger partial charge is 0.348 e. The number of aromatic nitrogens is 4. The summed E-state index contributed by atoms with van der Waals surface area (Å²) in [5.74, 6) is 0.967. The molecule has 4 rings (SSSR count). The molecule has 2 heterocycles. The lowest BCUT2D eigenvalue weighted by Crippen LogP contribution is -2.11. The molecule has 23 heavy (non-hydrogen) atoms. The third-order valence-electron chi connectivity index (χ3n) is 3.62. The lowest BCUT2D eigenvalue weighted by Gasteiger charge is -2.09. The predicted octanol–water partition coefficient (Wildman–Crippen LogP) is 2.98. The van der Waals surface area contributed by atoms with Crippen LogP contribution in [-0.2, 0) is 0 Å². The highest BCUT2D eigenvalue weighted by molar-refractivity contribution is 5.79. The maximum atomic E-state index is 12.1. The summed E-state index contributed by atoms with van der Waals surface area (Å²) >= 11 is 0. The number of fused-ring (bicyclic) bond motifs is 3. The van der Waals surface area contributed by atoms with E-state index >= 15 is 0 Å². The Labute approximate surface area is 131 Å². The van der Waals surface area contributed by atoms with E-state index in [1.54, 1.807) is 0 Å². The molecule has 6 heteroatoms. The monoisotopic (exact) mass is 306 g/mol. The van der Waals surface area contributed by atoms with Crippen molar-refractivity contribution < 1.29 is 4.74 Å². The van der Waals surface area contributed by atoms with Crippen LogP contribution in [0.3, 0.4) is 0 Å². The molecule has 4 aromatic rings. The number of nitrogens with one attached hydrogen (secondary N) is 1. The van der Waals surface area contributed by atoms with Crippen molar-refractivity contribution in [1.29, 1.82) is 0 Å². The van der Waals surface area contributed by atoms with Crippen LogP contribution in [0.4, 0.5) is 0 Å². The Hall–Kier alpha value is -3.15. The molecule has 114 valence electrons. The number of rotatable bonds is 2. The summed E-state index contributed by atoms with van der Waals surface area (Å²) < 4.78 is 7.39. The summed E-state index contributed by atoms with van der Waals surface area (Å²) in [4.78, 5) is 16.6. The van der Waals surface area contributed by atoms with Crippen LogP contribution in [-0.4, -0.2) is 19.6 Å². The average Bonchev–Trinajstić information content (AvgIpc) is 2.89. The quantitative estimate of drug-likeness (QED) is 0.618. The van der Waals surface area contributed by atoms with Crippen LogP contribution >= 0.6 is 0 Å². The number of ether oxygens (including phenoxy) is 1. The van der Waals surface area contributed by atoms with E-state index in [0.717, 1.165) is 11.1 Å². The molecule has 0 saturated carbocycles. The first-order valence-electron chi connectivity index (χ1n) is 7.24. The second kappa shape index (κ2) is 4.95. The Morgan fingerprint density at radius 3 is 2.61 bits per heavy atom. The van der Waals surface area contributed by atoms with Gasteiger partial charge < -0.3 is 4.74 Å². The van der Waals surface area contributed by atoms with Gasteiger partial charge in [-0.2, -0.15) is 0 Å². The van der Waals surface area contributed by atoms with Crippen molar-refractivity contribution in [2.75, 3.05) is 0 Å². The van der Waals surface area contributed by atoms with Gasteiger partial charge in [-0.1, -0.05) is 18.2 Å². The minimum absolute atomic E-state index is 0.298. The molecule has 0 atom stereocenters. The molecule has 0 radical (unpaired) electrons. The van der Waals surface area contributed by atoms with Crippen molar-refractivity contribution in [2.24, 2.45) is 0 Å². The van der Waals surface area contributed by atoms with E-state index in [0.29, 0.717) is 28.3 Å². The molecule has 0 spiro atoms. The molecule has 0 aliphatic rings. The van der Waals surface area contributed by atoms with Crippen molar-refractivity contribution in [3.63, 3.8) is 0 Å².